The maximum Gasteiger partial charge on any atom is 0.299 e. The van der Waals surface area contributed by atoms with Gasteiger partial charge in [-0.3, -0.25) is 9.78 Å². The Balaban J connectivity index is 3.29. The van der Waals surface area contributed by atoms with E-state index in [0.717, 1.165) is 0 Å². The molecular formula is C7H10N2O3. The monoisotopic (exact) mass is 170 g/mol. The number of nitrogens with zero attached hydrogens (tertiary/aromatic N) is 1. The Bertz CT molecular complexity index is 332. The second-order valence-corrected chi connectivity index (χ2v) is 2.21. The Hall–Kier alpha value is -1.52. The van der Waals surface area contributed by atoms with Gasteiger partial charge < -0.3 is 9.47 Å². The minimum absolute atomic E-state index is 0.155. The zero-order valence-electron chi connectivity index (χ0n) is 7.17. The Morgan fingerprint density at radius 1 is 1.33 bits per heavy atom. The van der Waals surface area contributed by atoms with E-state index in [1.165, 1.54) is 14.2 Å². The topological polar surface area (TPSA) is 64.2 Å². The van der Waals surface area contributed by atoms with E-state index in [2.05, 4.69) is 9.97 Å². The normalized spacial score (nSPS) is 9.58. The third kappa shape index (κ3) is 1.39. The lowest BCUT2D eigenvalue weighted by Gasteiger charge is -2.03. The Morgan fingerprint density at radius 2 is 2.00 bits per heavy atom. The van der Waals surface area contributed by atoms with Crippen LogP contribution in [0.3, 0.4) is 0 Å². The predicted molar refractivity (Wildman–Crippen MR) is 42.7 cm³/mol. The van der Waals surface area contributed by atoms with E-state index in [0.29, 0.717) is 5.56 Å². The molecule has 1 heterocycles. The van der Waals surface area contributed by atoms with Gasteiger partial charge in [-0.15, -0.1) is 0 Å². The van der Waals surface area contributed by atoms with Crippen molar-refractivity contribution in [1.29, 1.82) is 0 Å². The molecule has 0 radical (unpaired) electrons. The first-order valence-electron chi connectivity index (χ1n) is 3.38. The summed E-state index contributed by atoms with van der Waals surface area (Å²) in [7, 11) is 2.88. The Kier molecular flexibility index (Phi) is 2.32. The third-order valence-corrected chi connectivity index (χ3v) is 1.47. The number of ether oxygens (including phenoxy) is 2. The molecular weight excluding hydrogens is 160 g/mol. The van der Waals surface area contributed by atoms with Gasteiger partial charge in [-0.25, -0.2) is 0 Å². The molecule has 0 unspecified atom stereocenters. The molecule has 0 bridgehead atoms. The van der Waals surface area contributed by atoms with Gasteiger partial charge in [-0.2, -0.15) is 4.98 Å². The quantitative estimate of drug-likeness (QED) is 0.683. The molecule has 1 rings (SSSR count). The minimum Gasteiger partial charge on any atom is -0.481 e. The maximum atomic E-state index is 11.1. The number of aromatic amines is 1. The number of H-pyrrole nitrogens is 1. The van der Waals surface area contributed by atoms with E-state index in [-0.39, 0.29) is 17.4 Å². The number of rotatable bonds is 2. The smallest absolute Gasteiger partial charge is 0.299 e. The summed E-state index contributed by atoms with van der Waals surface area (Å²) in [4.78, 5) is 17.4. The summed E-state index contributed by atoms with van der Waals surface area (Å²) in [5, 5.41) is 0. The van der Waals surface area contributed by atoms with Crippen LogP contribution >= 0.6 is 0 Å². The Morgan fingerprint density at radius 3 is 2.50 bits per heavy atom. The second-order valence-electron chi connectivity index (χ2n) is 2.21. The molecule has 0 atom stereocenters. The highest BCUT2D eigenvalue weighted by atomic mass is 16.5. The zero-order valence-corrected chi connectivity index (χ0v) is 7.17. The fourth-order valence-electron chi connectivity index (χ4n) is 0.787. The Labute approximate surface area is 69.4 Å². The molecule has 0 fully saturated rings. The van der Waals surface area contributed by atoms with Gasteiger partial charge in [0.15, 0.2) is 0 Å². The van der Waals surface area contributed by atoms with Crippen LogP contribution in [0.2, 0.25) is 0 Å². The van der Waals surface area contributed by atoms with E-state index in [1.54, 1.807) is 6.92 Å². The van der Waals surface area contributed by atoms with Gasteiger partial charge in [0.25, 0.3) is 11.6 Å². The van der Waals surface area contributed by atoms with Crippen LogP contribution in [-0.2, 0) is 0 Å². The van der Waals surface area contributed by atoms with E-state index in [1.807, 2.05) is 0 Å². The highest BCUT2D eigenvalue weighted by Crippen LogP contribution is 2.10. The first-order valence-corrected chi connectivity index (χ1v) is 3.38. The lowest BCUT2D eigenvalue weighted by atomic mass is 10.4. The molecule has 5 nitrogen and oxygen atoms in total. The van der Waals surface area contributed by atoms with Gasteiger partial charge in [0.2, 0.25) is 5.88 Å². The highest BCUT2D eigenvalue weighted by Gasteiger charge is 2.06. The molecule has 1 aromatic rings. The summed E-state index contributed by atoms with van der Waals surface area (Å²) in [6.07, 6.45) is 0. The average Bonchev–Trinajstić information content (AvgIpc) is 2.09. The van der Waals surface area contributed by atoms with Gasteiger partial charge in [-0.1, -0.05) is 0 Å². The zero-order chi connectivity index (χ0) is 9.14. The van der Waals surface area contributed by atoms with E-state index in [9.17, 15) is 4.79 Å². The van der Waals surface area contributed by atoms with Crippen molar-refractivity contribution < 1.29 is 9.47 Å². The van der Waals surface area contributed by atoms with Crippen molar-refractivity contribution >= 4 is 0 Å². The molecule has 1 N–H and O–H groups in total. The van der Waals surface area contributed by atoms with Gasteiger partial charge in [-0.05, 0) is 6.92 Å². The molecule has 0 aliphatic carbocycles. The van der Waals surface area contributed by atoms with Gasteiger partial charge in [0, 0.05) is 0 Å². The van der Waals surface area contributed by atoms with Crippen molar-refractivity contribution in [2.24, 2.45) is 0 Å². The highest BCUT2D eigenvalue weighted by molar-refractivity contribution is 5.23. The number of hydrogen-bond acceptors (Lipinski definition) is 4. The van der Waals surface area contributed by atoms with Gasteiger partial charge >= 0.3 is 0 Å². The van der Waals surface area contributed by atoms with Crippen LogP contribution in [0.1, 0.15) is 5.56 Å². The SMILES string of the molecule is COc1nc(OC)c(C)c(=O)[nH]1. The van der Waals surface area contributed by atoms with Crippen LogP contribution in [0.5, 0.6) is 11.9 Å². The average molecular weight is 170 g/mol. The molecule has 0 saturated carbocycles. The van der Waals surface area contributed by atoms with Crippen LogP contribution in [0.15, 0.2) is 4.79 Å². The molecule has 0 saturated heterocycles. The second kappa shape index (κ2) is 3.25. The number of methoxy groups -OCH3 is 2. The molecule has 0 spiro atoms. The molecule has 5 heteroatoms. The van der Waals surface area contributed by atoms with Crippen molar-refractivity contribution in [2.45, 2.75) is 6.92 Å². The van der Waals surface area contributed by atoms with Gasteiger partial charge in [0.1, 0.15) is 0 Å². The van der Waals surface area contributed by atoms with Crippen LogP contribution < -0.4 is 15.0 Å². The fraction of sp³-hybridized carbons (Fsp3) is 0.429. The van der Waals surface area contributed by atoms with Crippen LogP contribution in [0, 0.1) is 6.92 Å². The number of nitrogens with one attached hydrogen (secondary N) is 1. The van der Waals surface area contributed by atoms with Crippen molar-refractivity contribution in [1.82, 2.24) is 9.97 Å². The fourth-order valence-corrected chi connectivity index (χ4v) is 0.787. The lowest BCUT2D eigenvalue weighted by Crippen LogP contribution is -2.13. The lowest BCUT2D eigenvalue weighted by molar-refractivity contribution is 0.348. The van der Waals surface area contributed by atoms with Crippen molar-refractivity contribution in [3.05, 3.63) is 15.9 Å². The molecule has 0 aromatic carbocycles. The van der Waals surface area contributed by atoms with Crippen molar-refractivity contribution in [3.63, 3.8) is 0 Å². The largest absolute Gasteiger partial charge is 0.481 e. The maximum absolute atomic E-state index is 11.1. The summed E-state index contributed by atoms with van der Waals surface area (Å²) >= 11 is 0. The van der Waals surface area contributed by atoms with Crippen molar-refractivity contribution in [3.8, 4) is 11.9 Å². The summed E-state index contributed by atoms with van der Waals surface area (Å²) in [6.45, 7) is 1.63. The minimum atomic E-state index is -0.251. The van der Waals surface area contributed by atoms with Crippen LogP contribution in [-0.4, -0.2) is 24.2 Å². The van der Waals surface area contributed by atoms with Gasteiger partial charge in [0.05, 0.1) is 19.8 Å². The van der Waals surface area contributed by atoms with Crippen LogP contribution in [0.25, 0.3) is 0 Å². The predicted octanol–water partition coefficient (Wildman–Crippen LogP) is 0.0955. The van der Waals surface area contributed by atoms with Crippen molar-refractivity contribution in [2.75, 3.05) is 14.2 Å². The summed E-state index contributed by atoms with van der Waals surface area (Å²) in [5.41, 5.74) is 0.192. The summed E-state index contributed by atoms with van der Waals surface area (Å²) in [6, 6.07) is 0.155. The van der Waals surface area contributed by atoms with Crippen LogP contribution in [0.4, 0.5) is 0 Å². The van der Waals surface area contributed by atoms with E-state index in [4.69, 9.17) is 9.47 Å². The standard InChI is InChI=1S/C7H10N2O3/c1-4-5(10)8-7(12-3)9-6(4)11-2/h1-3H3,(H,8,9,10). The molecule has 1 aromatic heterocycles. The summed E-state index contributed by atoms with van der Waals surface area (Å²) in [5.74, 6) is 0.288. The molecule has 66 valence electrons. The number of hydrogen-bond donors (Lipinski definition) is 1. The molecule has 12 heavy (non-hydrogen) atoms. The first kappa shape index (κ1) is 8.58. The molecule has 0 amide bonds. The molecule has 0 aliphatic heterocycles. The first-order chi connectivity index (χ1) is 5.69. The van der Waals surface area contributed by atoms with E-state index >= 15 is 0 Å². The third-order valence-electron chi connectivity index (χ3n) is 1.47. The number of aromatic nitrogens is 2. The summed E-state index contributed by atoms with van der Waals surface area (Å²) < 4.78 is 9.60. The molecule has 0 aliphatic rings. The van der Waals surface area contributed by atoms with E-state index < -0.39 is 0 Å².